The molecular weight excluding hydrogens is 274 g/mol. The Balaban J connectivity index is 2.27. The first-order chi connectivity index (χ1) is 10.0. The van der Waals surface area contributed by atoms with Crippen LogP contribution in [-0.2, 0) is 4.79 Å². The molecule has 0 saturated heterocycles. The third-order valence-corrected chi connectivity index (χ3v) is 2.63. The molecule has 10 heteroatoms. The molecule has 2 aromatic rings. The lowest BCUT2D eigenvalue weighted by molar-refractivity contribution is -0.129. The third kappa shape index (κ3) is 3.41. The number of rotatable bonds is 5. The molecule has 0 saturated carbocycles. The fourth-order valence-electron chi connectivity index (χ4n) is 1.60. The molecule has 112 valence electrons. The minimum atomic E-state index is -0.462. The smallest absolute Gasteiger partial charge is 0.258 e. The summed E-state index contributed by atoms with van der Waals surface area (Å²) in [5.41, 5.74) is 0. The lowest BCUT2D eigenvalue weighted by Crippen LogP contribution is -2.37. The number of likely N-dealkylation sites (N-methyl/N-ethyl adjacent to an activating group) is 1. The Hall–Kier alpha value is -2.78. The quantitative estimate of drug-likeness (QED) is 0.749. The molecule has 0 aliphatic rings. The van der Waals surface area contributed by atoms with Gasteiger partial charge in [0.15, 0.2) is 0 Å². The second-order valence-corrected chi connectivity index (χ2v) is 4.47. The molecular formula is C11H17N9O. The standard InChI is InChI=1S/C11H17N9O/c1-7(8(21)19(3)4)15-10-16-9(12-2)17-11(18-10)20-6-13-5-14-20/h5-7H,1-4H3,(H2,12,15,16,17,18). The molecule has 1 amide bonds. The van der Waals surface area contributed by atoms with Gasteiger partial charge in [-0.1, -0.05) is 0 Å². The third-order valence-electron chi connectivity index (χ3n) is 2.63. The number of nitrogens with one attached hydrogen (secondary N) is 2. The van der Waals surface area contributed by atoms with Crippen LogP contribution in [0.2, 0.25) is 0 Å². The van der Waals surface area contributed by atoms with E-state index < -0.39 is 6.04 Å². The van der Waals surface area contributed by atoms with Crippen LogP contribution in [0.25, 0.3) is 5.95 Å². The van der Waals surface area contributed by atoms with Crippen molar-refractivity contribution in [2.45, 2.75) is 13.0 Å². The maximum atomic E-state index is 11.9. The zero-order valence-corrected chi connectivity index (χ0v) is 12.3. The van der Waals surface area contributed by atoms with Gasteiger partial charge in [0.05, 0.1) is 0 Å². The zero-order chi connectivity index (χ0) is 15.4. The van der Waals surface area contributed by atoms with Crippen molar-refractivity contribution in [2.75, 3.05) is 31.8 Å². The van der Waals surface area contributed by atoms with Crippen LogP contribution in [0.15, 0.2) is 12.7 Å². The summed E-state index contributed by atoms with van der Waals surface area (Å²) < 4.78 is 1.41. The lowest BCUT2D eigenvalue weighted by Gasteiger charge is -2.18. The minimum Gasteiger partial charge on any atom is -0.357 e. The van der Waals surface area contributed by atoms with E-state index in [1.54, 1.807) is 28.1 Å². The summed E-state index contributed by atoms with van der Waals surface area (Å²) in [4.78, 5) is 29.8. The number of nitrogens with zero attached hydrogens (tertiary/aromatic N) is 7. The van der Waals surface area contributed by atoms with E-state index >= 15 is 0 Å². The summed E-state index contributed by atoms with van der Waals surface area (Å²) >= 11 is 0. The molecule has 1 atom stereocenters. The second-order valence-electron chi connectivity index (χ2n) is 4.47. The predicted molar refractivity (Wildman–Crippen MR) is 76.1 cm³/mol. The zero-order valence-electron chi connectivity index (χ0n) is 12.3. The first-order valence-corrected chi connectivity index (χ1v) is 6.27. The molecule has 0 radical (unpaired) electrons. The SMILES string of the molecule is CNc1nc(NC(C)C(=O)N(C)C)nc(-n2cncn2)n1. The van der Waals surface area contributed by atoms with Gasteiger partial charge in [-0.15, -0.1) is 0 Å². The Morgan fingerprint density at radius 2 is 2.00 bits per heavy atom. The van der Waals surface area contributed by atoms with Crippen molar-refractivity contribution in [1.29, 1.82) is 0 Å². The number of hydrogen-bond acceptors (Lipinski definition) is 8. The molecule has 0 aliphatic heterocycles. The minimum absolute atomic E-state index is 0.0799. The number of carbonyl (C=O) groups excluding carboxylic acids is 1. The highest BCUT2D eigenvalue weighted by molar-refractivity contribution is 5.83. The Kier molecular flexibility index (Phi) is 4.26. The maximum Gasteiger partial charge on any atom is 0.258 e. The van der Waals surface area contributed by atoms with Crippen LogP contribution in [0.3, 0.4) is 0 Å². The number of anilines is 2. The molecule has 0 spiro atoms. The van der Waals surface area contributed by atoms with Gasteiger partial charge in [0.2, 0.25) is 17.8 Å². The van der Waals surface area contributed by atoms with Gasteiger partial charge in [-0.05, 0) is 6.92 Å². The molecule has 2 rings (SSSR count). The van der Waals surface area contributed by atoms with Crippen LogP contribution in [0.4, 0.5) is 11.9 Å². The molecule has 1 unspecified atom stereocenters. The van der Waals surface area contributed by atoms with Gasteiger partial charge in [-0.2, -0.15) is 24.7 Å². The Morgan fingerprint density at radius 3 is 2.57 bits per heavy atom. The van der Waals surface area contributed by atoms with Gasteiger partial charge < -0.3 is 15.5 Å². The summed E-state index contributed by atoms with van der Waals surface area (Å²) in [7, 11) is 5.07. The van der Waals surface area contributed by atoms with Crippen molar-refractivity contribution in [3.05, 3.63) is 12.7 Å². The summed E-state index contributed by atoms with van der Waals surface area (Å²) in [6, 6.07) is -0.462. The number of aromatic nitrogens is 6. The van der Waals surface area contributed by atoms with E-state index in [-0.39, 0.29) is 11.9 Å². The Morgan fingerprint density at radius 1 is 1.29 bits per heavy atom. The fraction of sp³-hybridized carbons (Fsp3) is 0.455. The maximum absolute atomic E-state index is 11.9. The van der Waals surface area contributed by atoms with E-state index in [0.717, 1.165) is 0 Å². The average Bonchev–Trinajstić information content (AvgIpc) is 3.00. The Bertz CT molecular complexity index is 610. The van der Waals surface area contributed by atoms with Crippen molar-refractivity contribution in [2.24, 2.45) is 0 Å². The molecule has 0 fully saturated rings. The van der Waals surface area contributed by atoms with Crippen LogP contribution in [0.5, 0.6) is 0 Å². The lowest BCUT2D eigenvalue weighted by atomic mass is 10.3. The van der Waals surface area contributed by atoms with E-state index in [0.29, 0.717) is 11.9 Å². The van der Waals surface area contributed by atoms with E-state index in [1.807, 2.05) is 0 Å². The van der Waals surface area contributed by atoms with Crippen LogP contribution in [0.1, 0.15) is 6.92 Å². The summed E-state index contributed by atoms with van der Waals surface area (Å²) in [6.07, 6.45) is 2.86. The Labute approximate surface area is 121 Å². The van der Waals surface area contributed by atoms with Gasteiger partial charge in [0.1, 0.15) is 18.7 Å². The van der Waals surface area contributed by atoms with E-state index in [1.165, 1.54) is 22.2 Å². The van der Waals surface area contributed by atoms with E-state index in [9.17, 15) is 4.79 Å². The van der Waals surface area contributed by atoms with Gasteiger partial charge in [0.25, 0.3) is 5.95 Å². The highest BCUT2D eigenvalue weighted by atomic mass is 16.2. The molecule has 21 heavy (non-hydrogen) atoms. The molecule has 0 aliphatic carbocycles. The molecule has 2 heterocycles. The van der Waals surface area contributed by atoms with Crippen molar-refractivity contribution in [1.82, 2.24) is 34.6 Å². The largest absolute Gasteiger partial charge is 0.357 e. The fourth-order valence-corrected chi connectivity index (χ4v) is 1.60. The van der Waals surface area contributed by atoms with Gasteiger partial charge in [-0.3, -0.25) is 4.79 Å². The number of amides is 1. The van der Waals surface area contributed by atoms with Gasteiger partial charge >= 0.3 is 0 Å². The van der Waals surface area contributed by atoms with Crippen molar-refractivity contribution in [3.63, 3.8) is 0 Å². The van der Waals surface area contributed by atoms with Gasteiger partial charge in [-0.25, -0.2) is 4.98 Å². The average molecular weight is 291 g/mol. The van der Waals surface area contributed by atoms with Crippen molar-refractivity contribution < 1.29 is 4.79 Å². The monoisotopic (exact) mass is 291 g/mol. The first kappa shape index (κ1) is 14.6. The number of carbonyl (C=O) groups is 1. The highest BCUT2D eigenvalue weighted by Gasteiger charge is 2.17. The van der Waals surface area contributed by atoms with Crippen molar-refractivity contribution in [3.8, 4) is 5.95 Å². The molecule has 0 aromatic carbocycles. The van der Waals surface area contributed by atoms with E-state index in [2.05, 4.69) is 35.7 Å². The predicted octanol–water partition coefficient (Wildman–Crippen LogP) is -0.617. The van der Waals surface area contributed by atoms with Crippen molar-refractivity contribution >= 4 is 17.8 Å². The molecule has 0 bridgehead atoms. The highest BCUT2D eigenvalue weighted by Crippen LogP contribution is 2.09. The topological polar surface area (TPSA) is 114 Å². The first-order valence-electron chi connectivity index (χ1n) is 6.27. The number of hydrogen-bond donors (Lipinski definition) is 2. The summed E-state index contributed by atoms with van der Waals surface area (Å²) in [5, 5.41) is 9.75. The van der Waals surface area contributed by atoms with Crippen LogP contribution < -0.4 is 10.6 Å². The molecule has 10 nitrogen and oxygen atoms in total. The molecule has 2 aromatic heterocycles. The normalized spacial score (nSPS) is 11.8. The second kappa shape index (κ2) is 6.11. The van der Waals surface area contributed by atoms with Gasteiger partial charge in [0, 0.05) is 21.1 Å². The molecule has 2 N–H and O–H groups in total. The summed E-state index contributed by atoms with van der Waals surface area (Å²) in [5.74, 6) is 0.868. The summed E-state index contributed by atoms with van der Waals surface area (Å²) in [6.45, 7) is 1.74. The van der Waals surface area contributed by atoms with E-state index in [4.69, 9.17) is 0 Å². The van der Waals surface area contributed by atoms with Crippen LogP contribution >= 0.6 is 0 Å². The van der Waals surface area contributed by atoms with Crippen LogP contribution in [0, 0.1) is 0 Å². The van der Waals surface area contributed by atoms with Crippen LogP contribution in [-0.4, -0.2) is 67.7 Å².